The molecule has 3 nitrogen and oxygen atoms in total. The largest absolute Gasteiger partial charge is 0.369 e. The Labute approximate surface area is 129 Å². The van der Waals surface area contributed by atoms with Crippen molar-refractivity contribution in [3.63, 3.8) is 0 Å². The highest BCUT2D eigenvalue weighted by Crippen LogP contribution is 2.32. The van der Waals surface area contributed by atoms with Crippen molar-refractivity contribution in [1.82, 2.24) is 9.97 Å². The second-order valence-electron chi connectivity index (χ2n) is 5.04. The molecule has 0 aliphatic rings. The molecule has 0 fully saturated rings. The molecule has 0 aliphatic carbocycles. The van der Waals surface area contributed by atoms with Crippen LogP contribution in [0.1, 0.15) is 38.9 Å². The zero-order valence-electron chi connectivity index (χ0n) is 12.2. The Hall–Kier alpha value is -1.42. The molecular formula is C16H20BrN3. The van der Waals surface area contributed by atoms with Crippen molar-refractivity contribution in [1.29, 1.82) is 0 Å². The summed E-state index contributed by atoms with van der Waals surface area (Å²) >= 11 is 3.64. The van der Waals surface area contributed by atoms with Gasteiger partial charge in [-0.1, -0.05) is 51.1 Å². The summed E-state index contributed by atoms with van der Waals surface area (Å²) in [7, 11) is 0. The average molecular weight is 334 g/mol. The van der Waals surface area contributed by atoms with Gasteiger partial charge in [-0.3, -0.25) is 0 Å². The molecule has 0 atom stereocenters. The molecule has 2 aromatic rings. The van der Waals surface area contributed by atoms with Crippen LogP contribution in [0.15, 0.2) is 34.8 Å². The molecule has 0 saturated heterocycles. The van der Waals surface area contributed by atoms with Gasteiger partial charge in [-0.2, -0.15) is 0 Å². The van der Waals surface area contributed by atoms with E-state index in [4.69, 9.17) is 4.98 Å². The van der Waals surface area contributed by atoms with Gasteiger partial charge in [0.2, 0.25) is 0 Å². The molecule has 0 radical (unpaired) electrons. The first kappa shape index (κ1) is 15.0. The summed E-state index contributed by atoms with van der Waals surface area (Å²) in [6.07, 6.45) is 1.06. The summed E-state index contributed by atoms with van der Waals surface area (Å²) in [5.41, 5.74) is 2.05. The van der Waals surface area contributed by atoms with Crippen molar-refractivity contribution in [2.75, 3.05) is 11.9 Å². The number of hydrogen-bond donors (Lipinski definition) is 1. The van der Waals surface area contributed by atoms with Gasteiger partial charge in [0.25, 0.3) is 0 Å². The third-order valence-corrected chi connectivity index (χ3v) is 3.73. The molecule has 0 unspecified atom stereocenters. The molecule has 1 aromatic carbocycles. The third kappa shape index (κ3) is 3.37. The Morgan fingerprint density at radius 2 is 1.85 bits per heavy atom. The van der Waals surface area contributed by atoms with E-state index in [1.54, 1.807) is 0 Å². The van der Waals surface area contributed by atoms with Gasteiger partial charge in [-0.15, -0.1) is 0 Å². The van der Waals surface area contributed by atoms with Crippen LogP contribution >= 0.6 is 15.9 Å². The summed E-state index contributed by atoms with van der Waals surface area (Å²) in [6.45, 7) is 7.27. The van der Waals surface area contributed by atoms with Gasteiger partial charge < -0.3 is 5.32 Å². The van der Waals surface area contributed by atoms with Gasteiger partial charge in [0.05, 0.1) is 10.2 Å². The van der Waals surface area contributed by atoms with Gasteiger partial charge in [-0.25, -0.2) is 9.97 Å². The van der Waals surface area contributed by atoms with Crippen molar-refractivity contribution < 1.29 is 0 Å². The predicted molar refractivity (Wildman–Crippen MR) is 88.0 cm³/mol. The second kappa shape index (κ2) is 6.84. The molecule has 0 bridgehead atoms. The summed E-state index contributed by atoms with van der Waals surface area (Å²) in [4.78, 5) is 9.34. The smallest absolute Gasteiger partial charge is 0.144 e. The van der Waals surface area contributed by atoms with Gasteiger partial charge in [0.15, 0.2) is 0 Å². The van der Waals surface area contributed by atoms with Crippen molar-refractivity contribution in [3.05, 3.63) is 40.6 Å². The third-order valence-electron chi connectivity index (χ3n) is 2.97. The van der Waals surface area contributed by atoms with Crippen molar-refractivity contribution >= 4 is 21.7 Å². The molecule has 106 valence electrons. The zero-order chi connectivity index (χ0) is 14.5. The lowest BCUT2D eigenvalue weighted by Crippen LogP contribution is -2.08. The lowest BCUT2D eigenvalue weighted by molar-refractivity contribution is 0.774. The highest BCUT2D eigenvalue weighted by molar-refractivity contribution is 9.10. The van der Waals surface area contributed by atoms with Crippen LogP contribution < -0.4 is 5.32 Å². The Kier molecular flexibility index (Phi) is 5.12. The molecule has 1 aromatic heterocycles. The minimum absolute atomic E-state index is 0.299. The summed E-state index contributed by atoms with van der Waals surface area (Å²) in [6, 6.07) is 10.2. The van der Waals surface area contributed by atoms with Gasteiger partial charge in [-0.05, 0) is 22.4 Å². The van der Waals surface area contributed by atoms with E-state index in [0.717, 1.165) is 40.3 Å². The lowest BCUT2D eigenvalue weighted by Gasteiger charge is -2.14. The SMILES string of the molecule is CCCNc1nc(C(C)C)nc(-c2ccccc2)c1Br. The fourth-order valence-electron chi connectivity index (χ4n) is 1.87. The van der Waals surface area contributed by atoms with E-state index >= 15 is 0 Å². The maximum atomic E-state index is 4.71. The van der Waals surface area contributed by atoms with Crippen molar-refractivity contribution in [2.24, 2.45) is 0 Å². The van der Waals surface area contributed by atoms with Crippen LogP contribution in [-0.4, -0.2) is 16.5 Å². The molecule has 0 spiro atoms. The minimum atomic E-state index is 0.299. The van der Waals surface area contributed by atoms with E-state index in [1.165, 1.54) is 0 Å². The Morgan fingerprint density at radius 3 is 2.45 bits per heavy atom. The van der Waals surface area contributed by atoms with Crippen LogP contribution in [0.2, 0.25) is 0 Å². The topological polar surface area (TPSA) is 37.8 Å². The number of rotatable bonds is 5. The summed E-state index contributed by atoms with van der Waals surface area (Å²) in [5.74, 6) is 2.04. The maximum absolute atomic E-state index is 4.71. The van der Waals surface area contributed by atoms with Gasteiger partial charge in [0.1, 0.15) is 11.6 Å². The second-order valence-corrected chi connectivity index (χ2v) is 5.83. The van der Waals surface area contributed by atoms with Crippen LogP contribution in [0.25, 0.3) is 11.3 Å². The Bertz CT molecular complexity index is 567. The molecular weight excluding hydrogens is 314 g/mol. The van der Waals surface area contributed by atoms with Gasteiger partial charge in [0, 0.05) is 18.0 Å². The molecule has 0 saturated carbocycles. The number of halogens is 1. The van der Waals surface area contributed by atoms with Crippen LogP contribution in [-0.2, 0) is 0 Å². The molecule has 1 heterocycles. The van der Waals surface area contributed by atoms with Crippen molar-refractivity contribution in [2.45, 2.75) is 33.1 Å². The van der Waals surface area contributed by atoms with Crippen LogP contribution in [0, 0.1) is 0 Å². The van der Waals surface area contributed by atoms with Crippen LogP contribution in [0.3, 0.4) is 0 Å². The lowest BCUT2D eigenvalue weighted by atomic mass is 10.1. The van der Waals surface area contributed by atoms with Crippen LogP contribution in [0.4, 0.5) is 5.82 Å². The quantitative estimate of drug-likeness (QED) is 0.849. The highest BCUT2D eigenvalue weighted by Gasteiger charge is 2.15. The summed E-state index contributed by atoms with van der Waals surface area (Å²) in [5, 5.41) is 3.37. The first-order chi connectivity index (χ1) is 9.63. The standard InChI is InChI=1S/C16H20BrN3/c1-4-10-18-16-13(17)14(12-8-6-5-7-9-12)19-15(20-16)11(2)3/h5-9,11H,4,10H2,1-3H3,(H,18,19,20). The molecule has 20 heavy (non-hydrogen) atoms. The summed E-state index contributed by atoms with van der Waals surface area (Å²) < 4.78 is 0.932. The predicted octanol–water partition coefficient (Wildman–Crippen LogP) is 4.85. The van der Waals surface area contributed by atoms with E-state index < -0.39 is 0 Å². The molecule has 1 N–H and O–H groups in total. The van der Waals surface area contributed by atoms with Crippen molar-refractivity contribution in [3.8, 4) is 11.3 Å². The van der Waals surface area contributed by atoms with E-state index in [2.05, 4.69) is 59.1 Å². The monoisotopic (exact) mass is 333 g/mol. The molecule has 0 amide bonds. The number of nitrogens with zero attached hydrogens (tertiary/aromatic N) is 2. The molecule has 0 aliphatic heterocycles. The number of nitrogens with one attached hydrogen (secondary N) is 1. The first-order valence-electron chi connectivity index (χ1n) is 7.00. The number of anilines is 1. The normalized spacial score (nSPS) is 10.8. The van der Waals surface area contributed by atoms with Crippen LogP contribution in [0.5, 0.6) is 0 Å². The van der Waals surface area contributed by atoms with E-state index in [9.17, 15) is 0 Å². The first-order valence-corrected chi connectivity index (χ1v) is 7.79. The number of aromatic nitrogens is 2. The highest BCUT2D eigenvalue weighted by atomic mass is 79.9. The van der Waals surface area contributed by atoms with E-state index in [0.29, 0.717) is 5.92 Å². The Balaban J connectivity index is 2.52. The zero-order valence-corrected chi connectivity index (χ0v) is 13.7. The molecule has 4 heteroatoms. The average Bonchev–Trinajstić information content (AvgIpc) is 2.47. The number of hydrogen-bond acceptors (Lipinski definition) is 3. The fourth-order valence-corrected chi connectivity index (χ4v) is 2.42. The fraction of sp³-hybridized carbons (Fsp3) is 0.375. The number of benzene rings is 1. The molecule has 2 rings (SSSR count). The minimum Gasteiger partial charge on any atom is -0.369 e. The van der Waals surface area contributed by atoms with E-state index in [-0.39, 0.29) is 0 Å². The Morgan fingerprint density at radius 1 is 1.15 bits per heavy atom. The van der Waals surface area contributed by atoms with E-state index in [1.807, 2.05) is 18.2 Å². The maximum Gasteiger partial charge on any atom is 0.144 e. The van der Waals surface area contributed by atoms with Gasteiger partial charge >= 0.3 is 0 Å².